The SMILES string of the molecule is CCC(C)(C)N(C)C(=O)Nc1ccc(C(=O)O)c(Cl)c1. The molecule has 1 aromatic rings. The number of rotatable bonds is 4. The van der Waals surface area contributed by atoms with Crippen LogP contribution in [0.5, 0.6) is 0 Å². The molecule has 0 spiro atoms. The summed E-state index contributed by atoms with van der Waals surface area (Å²) < 4.78 is 0. The van der Waals surface area contributed by atoms with Gasteiger partial charge in [-0.3, -0.25) is 0 Å². The first-order valence-corrected chi connectivity index (χ1v) is 6.64. The zero-order chi connectivity index (χ0) is 15.5. The molecule has 0 aliphatic carbocycles. The number of nitrogens with one attached hydrogen (secondary N) is 1. The number of aromatic carboxylic acids is 1. The van der Waals surface area contributed by atoms with Crippen molar-refractivity contribution in [3.8, 4) is 0 Å². The third-order valence-corrected chi connectivity index (χ3v) is 3.84. The molecule has 0 aliphatic rings. The molecule has 0 aromatic heterocycles. The molecule has 2 N–H and O–H groups in total. The molecular weight excluding hydrogens is 280 g/mol. The third kappa shape index (κ3) is 3.63. The van der Waals surface area contributed by atoms with Crippen molar-refractivity contribution in [2.24, 2.45) is 0 Å². The standard InChI is InChI=1S/C14H19ClN2O3/c1-5-14(2,3)17(4)13(20)16-9-6-7-10(12(18)19)11(15)8-9/h6-8H,5H2,1-4H3,(H,16,20)(H,18,19). The Morgan fingerprint density at radius 2 is 2.00 bits per heavy atom. The van der Waals surface area contributed by atoms with E-state index < -0.39 is 5.97 Å². The summed E-state index contributed by atoms with van der Waals surface area (Å²) in [7, 11) is 1.71. The molecule has 0 heterocycles. The second-order valence-electron chi connectivity index (χ2n) is 5.15. The number of benzene rings is 1. The van der Waals surface area contributed by atoms with E-state index >= 15 is 0 Å². The minimum atomic E-state index is -1.10. The van der Waals surface area contributed by atoms with Gasteiger partial charge in [-0.1, -0.05) is 18.5 Å². The molecule has 0 aliphatic heterocycles. The Balaban J connectivity index is 2.87. The Morgan fingerprint density at radius 1 is 1.40 bits per heavy atom. The van der Waals surface area contributed by atoms with Crippen LogP contribution in [0.15, 0.2) is 18.2 Å². The number of anilines is 1. The van der Waals surface area contributed by atoms with Crippen molar-refractivity contribution < 1.29 is 14.7 Å². The third-order valence-electron chi connectivity index (χ3n) is 3.53. The molecule has 0 bridgehead atoms. The quantitative estimate of drug-likeness (QED) is 0.890. The Kier molecular flexibility index (Phi) is 5.00. The van der Waals surface area contributed by atoms with E-state index in [1.165, 1.54) is 18.2 Å². The first kappa shape index (κ1) is 16.3. The molecular formula is C14H19ClN2O3. The van der Waals surface area contributed by atoms with E-state index in [0.717, 1.165) is 6.42 Å². The topological polar surface area (TPSA) is 69.6 Å². The van der Waals surface area contributed by atoms with Crippen LogP contribution in [0, 0.1) is 0 Å². The number of amides is 2. The van der Waals surface area contributed by atoms with Gasteiger partial charge in [0.25, 0.3) is 0 Å². The van der Waals surface area contributed by atoms with Crippen LogP contribution in [0.1, 0.15) is 37.6 Å². The Hall–Kier alpha value is -1.75. The predicted octanol–water partition coefficient (Wildman–Crippen LogP) is 3.69. The van der Waals surface area contributed by atoms with Gasteiger partial charge in [-0.2, -0.15) is 0 Å². The van der Waals surface area contributed by atoms with Gasteiger partial charge in [0.05, 0.1) is 10.6 Å². The van der Waals surface area contributed by atoms with Crippen LogP contribution in [-0.4, -0.2) is 34.6 Å². The second kappa shape index (κ2) is 6.13. The molecule has 0 fully saturated rings. The predicted molar refractivity (Wildman–Crippen MR) is 79.6 cm³/mol. The van der Waals surface area contributed by atoms with Gasteiger partial charge in [-0.25, -0.2) is 9.59 Å². The molecule has 0 saturated carbocycles. The zero-order valence-electron chi connectivity index (χ0n) is 12.0. The number of hydrogen-bond donors (Lipinski definition) is 2. The minimum absolute atomic E-state index is 0.00640. The van der Waals surface area contributed by atoms with Gasteiger partial charge in [0.15, 0.2) is 0 Å². The van der Waals surface area contributed by atoms with Crippen LogP contribution in [0.2, 0.25) is 5.02 Å². The number of carboxylic acid groups (broad SMARTS) is 1. The van der Waals surface area contributed by atoms with Gasteiger partial charge in [-0.15, -0.1) is 0 Å². The largest absolute Gasteiger partial charge is 0.478 e. The summed E-state index contributed by atoms with van der Waals surface area (Å²) in [4.78, 5) is 24.6. The highest BCUT2D eigenvalue weighted by Gasteiger charge is 2.25. The zero-order valence-corrected chi connectivity index (χ0v) is 12.8. The summed E-state index contributed by atoms with van der Waals surface area (Å²) in [5.41, 5.74) is 0.199. The van der Waals surface area contributed by atoms with Crippen molar-refractivity contribution in [1.29, 1.82) is 0 Å². The van der Waals surface area contributed by atoms with E-state index in [2.05, 4.69) is 5.32 Å². The minimum Gasteiger partial charge on any atom is -0.478 e. The van der Waals surface area contributed by atoms with Crippen molar-refractivity contribution in [3.63, 3.8) is 0 Å². The summed E-state index contributed by atoms with van der Waals surface area (Å²) in [5.74, 6) is -1.10. The van der Waals surface area contributed by atoms with Crippen LogP contribution in [0.4, 0.5) is 10.5 Å². The van der Waals surface area contributed by atoms with E-state index in [1.54, 1.807) is 11.9 Å². The molecule has 2 amide bonds. The number of nitrogens with zero attached hydrogens (tertiary/aromatic N) is 1. The number of halogens is 1. The first-order valence-electron chi connectivity index (χ1n) is 6.26. The van der Waals surface area contributed by atoms with Gasteiger partial charge >= 0.3 is 12.0 Å². The summed E-state index contributed by atoms with van der Waals surface area (Å²) in [5, 5.41) is 11.7. The van der Waals surface area contributed by atoms with Gasteiger partial charge < -0.3 is 15.3 Å². The van der Waals surface area contributed by atoms with Gasteiger partial charge in [0, 0.05) is 18.3 Å². The van der Waals surface area contributed by atoms with Crippen molar-refractivity contribution in [1.82, 2.24) is 4.90 Å². The lowest BCUT2D eigenvalue weighted by atomic mass is 10.0. The number of hydrogen-bond acceptors (Lipinski definition) is 2. The first-order chi connectivity index (χ1) is 9.19. The van der Waals surface area contributed by atoms with E-state index in [0.29, 0.717) is 5.69 Å². The van der Waals surface area contributed by atoms with Crippen molar-refractivity contribution >= 4 is 29.3 Å². The molecule has 1 aromatic carbocycles. The fourth-order valence-electron chi connectivity index (χ4n) is 1.49. The molecule has 0 saturated heterocycles. The molecule has 5 nitrogen and oxygen atoms in total. The maximum Gasteiger partial charge on any atom is 0.337 e. The summed E-state index contributed by atoms with van der Waals surface area (Å²) in [6.45, 7) is 5.93. The highest BCUT2D eigenvalue weighted by Crippen LogP contribution is 2.22. The van der Waals surface area contributed by atoms with Crippen molar-refractivity contribution in [3.05, 3.63) is 28.8 Å². The van der Waals surface area contributed by atoms with Crippen molar-refractivity contribution in [2.45, 2.75) is 32.7 Å². The molecule has 110 valence electrons. The van der Waals surface area contributed by atoms with Crippen LogP contribution in [-0.2, 0) is 0 Å². The maximum absolute atomic E-state index is 12.1. The van der Waals surface area contributed by atoms with E-state index in [-0.39, 0.29) is 22.2 Å². The lowest BCUT2D eigenvalue weighted by molar-refractivity contribution is 0.0697. The van der Waals surface area contributed by atoms with Crippen LogP contribution >= 0.6 is 11.6 Å². The number of carbonyl (C=O) groups excluding carboxylic acids is 1. The van der Waals surface area contributed by atoms with Crippen LogP contribution < -0.4 is 5.32 Å². The van der Waals surface area contributed by atoms with Crippen LogP contribution in [0.25, 0.3) is 0 Å². The van der Waals surface area contributed by atoms with E-state index in [9.17, 15) is 9.59 Å². The fourth-order valence-corrected chi connectivity index (χ4v) is 1.75. The highest BCUT2D eigenvalue weighted by molar-refractivity contribution is 6.33. The molecule has 1 rings (SSSR count). The smallest absolute Gasteiger partial charge is 0.337 e. The normalized spacial score (nSPS) is 11.1. The molecule has 20 heavy (non-hydrogen) atoms. The van der Waals surface area contributed by atoms with E-state index in [1.807, 2.05) is 20.8 Å². The Bertz CT molecular complexity index is 529. The highest BCUT2D eigenvalue weighted by atomic mass is 35.5. The summed E-state index contributed by atoms with van der Waals surface area (Å²) in [6, 6.07) is 4.04. The van der Waals surface area contributed by atoms with Gasteiger partial charge in [0.2, 0.25) is 0 Å². The second-order valence-corrected chi connectivity index (χ2v) is 5.56. The average molecular weight is 299 g/mol. The Morgan fingerprint density at radius 3 is 2.45 bits per heavy atom. The summed E-state index contributed by atoms with van der Waals surface area (Å²) in [6.07, 6.45) is 0.815. The molecule has 0 unspecified atom stereocenters. The maximum atomic E-state index is 12.1. The lowest BCUT2D eigenvalue weighted by Crippen LogP contribution is -2.46. The molecule has 0 atom stereocenters. The van der Waals surface area contributed by atoms with Crippen LogP contribution in [0.3, 0.4) is 0 Å². The molecule has 6 heteroatoms. The average Bonchev–Trinajstić information content (AvgIpc) is 2.37. The van der Waals surface area contributed by atoms with Gasteiger partial charge in [-0.05, 0) is 38.5 Å². The Labute approximate surface area is 123 Å². The molecule has 0 radical (unpaired) electrons. The monoisotopic (exact) mass is 298 g/mol. The van der Waals surface area contributed by atoms with E-state index in [4.69, 9.17) is 16.7 Å². The number of urea groups is 1. The lowest BCUT2D eigenvalue weighted by Gasteiger charge is -2.34. The van der Waals surface area contributed by atoms with Gasteiger partial charge in [0.1, 0.15) is 0 Å². The number of carbonyl (C=O) groups is 2. The fraction of sp³-hybridized carbons (Fsp3) is 0.429. The summed E-state index contributed by atoms with van der Waals surface area (Å²) >= 11 is 5.86. The number of carboxylic acids is 1. The van der Waals surface area contributed by atoms with Crippen molar-refractivity contribution in [2.75, 3.05) is 12.4 Å².